The van der Waals surface area contributed by atoms with Crippen molar-refractivity contribution < 1.29 is 9.53 Å². The number of aryl methyl sites for hydroxylation is 2. The van der Waals surface area contributed by atoms with Crippen LogP contribution in [0, 0.1) is 27.7 Å². The fraction of sp³-hybridized carbons (Fsp3) is 0.350. The number of methoxy groups -OCH3 is 1. The summed E-state index contributed by atoms with van der Waals surface area (Å²) in [7, 11) is 1.60. The number of hydrogen-bond acceptors (Lipinski definition) is 3. The third-order valence-corrected chi connectivity index (χ3v) is 5.74. The number of ether oxygens (including phenoxy) is 1. The van der Waals surface area contributed by atoms with Crippen LogP contribution in [0.1, 0.15) is 29.2 Å². The molecule has 1 amide bonds. The third-order valence-electron chi connectivity index (χ3n) is 4.33. The number of nitrogens with one attached hydrogen (secondary N) is 1. The number of carbonyl (C=O) groups is 1. The summed E-state index contributed by atoms with van der Waals surface area (Å²) in [4.78, 5) is 13.8. The van der Waals surface area contributed by atoms with Crippen LogP contribution in [0.25, 0.3) is 0 Å². The van der Waals surface area contributed by atoms with Crippen LogP contribution in [-0.2, 0) is 4.79 Å². The summed E-state index contributed by atoms with van der Waals surface area (Å²) in [6, 6.07) is 9.66. The zero-order chi connectivity index (χ0) is 17.9. The molecule has 2 aromatic rings. The molecule has 0 aliphatic carbocycles. The average Bonchev–Trinajstić information content (AvgIpc) is 2.57. The van der Waals surface area contributed by atoms with Gasteiger partial charge in [-0.2, -0.15) is 0 Å². The molecular weight excluding hydrogens is 318 g/mol. The minimum atomic E-state index is -0.200. The van der Waals surface area contributed by atoms with Gasteiger partial charge < -0.3 is 10.1 Å². The summed E-state index contributed by atoms with van der Waals surface area (Å²) in [5, 5.41) is 2.76. The van der Waals surface area contributed by atoms with E-state index in [4.69, 9.17) is 4.74 Å². The Morgan fingerprint density at radius 1 is 1.08 bits per heavy atom. The molecule has 128 valence electrons. The van der Waals surface area contributed by atoms with E-state index in [1.165, 1.54) is 27.1 Å². The van der Waals surface area contributed by atoms with Crippen LogP contribution in [-0.4, -0.2) is 18.3 Å². The molecule has 3 nitrogen and oxygen atoms in total. The predicted molar refractivity (Wildman–Crippen MR) is 102 cm³/mol. The van der Waals surface area contributed by atoms with Gasteiger partial charge in [-0.15, -0.1) is 11.8 Å². The number of carbonyl (C=O) groups excluding carboxylic acids is 1. The molecule has 0 fully saturated rings. The number of hydrogen-bond donors (Lipinski definition) is 1. The second-order valence-corrected chi connectivity index (χ2v) is 7.39. The molecule has 1 unspecified atom stereocenters. The Morgan fingerprint density at radius 3 is 2.25 bits per heavy atom. The highest BCUT2D eigenvalue weighted by Crippen LogP contribution is 2.34. The second-order valence-electron chi connectivity index (χ2n) is 6.04. The van der Waals surface area contributed by atoms with Crippen molar-refractivity contribution in [1.82, 2.24) is 0 Å². The monoisotopic (exact) mass is 343 g/mol. The molecule has 0 saturated carbocycles. The van der Waals surface area contributed by atoms with Crippen molar-refractivity contribution in [2.45, 2.75) is 44.8 Å². The van der Waals surface area contributed by atoms with Gasteiger partial charge in [0.1, 0.15) is 5.75 Å². The summed E-state index contributed by atoms with van der Waals surface area (Å²) >= 11 is 1.61. The number of anilines is 1. The Morgan fingerprint density at radius 2 is 1.67 bits per heavy atom. The summed E-state index contributed by atoms with van der Waals surface area (Å²) < 4.78 is 5.29. The largest absolute Gasteiger partial charge is 0.495 e. The molecule has 2 rings (SSSR count). The molecule has 0 saturated heterocycles. The lowest BCUT2D eigenvalue weighted by molar-refractivity contribution is -0.115. The minimum Gasteiger partial charge on any atom is -0.495 e. The van der Waals surface area contributed by atoms with Crippen LogP contribution in [0.2, 0.25) is 0 Å². The molecule has 1 N–H and O–H groups in total. The predicted octanol–water partition coefficient (Wildman–Crippen LogP) is 5.05. The van der Waals surface area contributed by atoms with Crippen LogP contribution in [0.5, 0.6) is 5.75 Å². The molecule has 0 radical (unpaired) electrons. The maximum atomic E-state index is 12.6. The SMILES string of the molecule is COc1ccccc1NC(=O)C(C)Sc1c(C)c(C)cc(C)c1C. The van der Waals surface area contributed by atoms with Gasteiger partial charge in [0.15, 0.2) is 0 Å². The lowest BCUT2D eigenvalue weighted by atomic mass is 10.0. The van der Waals surface area contributed by atoms with Gasteiger partial charge in [0, 0.05) is 4.90 Å². The van der Waals surface area contributed by atoms with Crippen molar-refractivity contribution >= 4 is 23.4 Å². The first-order chi connectivity index (χ1) is 11.3. The lowest BCUT2D eigenvalue weighted by Crippen LogP contribution is -2.23. The molecule has 0 spiro atoms. The van der Waals surface area contributed by atoms with Gasteiger partial charge in [-0.3, -0.25) is 4.79 Å². The Hall–Kier alpha value is -1.94. The maximum Gasteiger partial charge on any atom is 0.237 e. The highest BCUT2D eigenvalue weighted by Gasteiger charge is 2.19. The van der Waals surface area contributed by atoms with Gasteiger partial charge in [-0.05, 0) is 69.0 Å². The molecule has 0 aromatic heterocycles. The molecule has 4 heteroatoms. The average molecular weight is 343 g/mol. The molecule has 0 heterocycles. The lowest BCUT2D eigenvalue weighted by Gasteiger charge is -2.19. The van der Waals surface area contributed by atoms with E-state index in [1.807, 2.05) is 31.2 Å². The Bertz CT molecular complexity index is 729. The Labute approximate surface area is 148 Å². The van der Waals surface area contributed by atoms with Crippen molar-refractivity contribution in [3.63, 3.8) is 0 Å². The topological polar surface area (TPSA) is 38.3 Å². The van der Waals surface area contributed by atoms with Gasteiger partial charge in [-0.25, -0.2) is 0 Å². The first-order valence-corrected chi connectivity index (χ1v) is 8.91. The molecular formula is C20H25NO2S. The van der Waals surface area contributed by atoms with E-state index in [0.717, 1.165) is 0 Å². The zero-order valence-corrected chi connectivity index (χ0v) is 16.0. The number of para-hydroxylation sites is 2. The van der Waals surface area contributed by atoms with Gasteiger partial charge in [0.2, 0.25) is 5.91 Å². The molecule has 0 aliphatic heterocycles. The molecule has 1 atom stereocenters. The molecule has 0 bridgehead atoms. The smallest absolute Gasteiger partial charge is 0.237 e. The van der Waals surface area contributed by atoms with Crippen molar-refractivity contribution in [2.24, 2.45) is 0 Å². The van der Waals surface area contributed by atoms with Crippen molar-refractivity contribution in [3.05, 3.63) is 52.6 Å². The van der Waals surface area contributed by atoms with Crippen LogP contribution >= 0.6 is 11.8 Å². The van der Waals surface area contributed by atoms with Gasteiger partial charge in [0.05, 0.1) is 18.0 Å². The summed E-state index contributed by atoms with van der Waals surface area (Å²) in [5.74, 6) is 0.643. The fourth-order valence-electron chi connectivity index (χ4n) is 2.57. The van der Waals surface area contributed by atoms with E-state index in [-0.39, 0.29) is 11.2 Å². The highest BCUT2D eigenvalue weighted by molar-refractivity contribution is 8.00. The zero-order valence-electron chi connectivity index (χ0n) is 15.2. The van der Waals surface area contributed by atoms with Crippen LogP contribution in [0.3, 0.4) is 0 Å². The van der Waals surface area contributed by atoms with E-state index < -0.39 is 0 Å². The highest BCUT2D eigenvalue weighted by atomic mass is 32.2. The molecule has 0 aliphatic rings. The Kier molecular flexibility index (Phi) is 5.94. The van der Waals surface area contributed by atoms with Crippen LogP contribution in [0.15, 0.2) is 35.2 Å². The van der Waals surface area contributed by atoms with Gasteiger partial charge in [-0.1, -0.05) is 18.2 Å². The van der Waals surface area contributed by atoms with E-state index >= 15 is 0 Å². The maximum absolute atomic E-state index is 12.6. The van der Waals surface area contributed by atoms with Crippen LogP contribution < -0.4 is 10.1 Å². The normalized spacial score (nSPS) is 11.9. The standard InChI is InChI=1S/C20H25NO2S/c1-12-11-13(2)15(4)19(14(12)3)24-16(5)20(22)21-17-9-7-8-10-18(17)23-6/h7-11,16H,1-6H3,(H,21,22). The number of thioether (sulfide) groups is 1. The van der Waals surface area contributed by atoms with E-state index in [1.54, 1.807) is 18.9 Å². The number of amides is 1. The van der Waals surface area contributed by atoms with Crippen molar-refractivity contribution in [1.29, 1.82) is 0 Å². The number of benzene rings is 2. The van der Waals surface area contributed by atoms with E-state index in [9.17, 15) is 4.79 Å². The van der Waals surface area contributed by atoms with Crippen molar-refractivity contribution in [2.75, 3.05) is 12.4 Å². The first kappa shape index (κ1) is 18.4. The van der Waals surface area contributed by atoms with Crippen LogP contribution in [0.4, 0.5) is 5.69 Å². The fourth-order valence-corrected chi connectivity index (χ4v) is 3.77. The first-order valence-electron chi connectivity index (χ1n) is 8.03. The van der Waals surface area contributed by atoms with Crippen molar-refractivity contribution in [3.8, 4) is 5.75 Å². The summed E-state index contributed by atoms with van der Waals surface area (Å²) in [5.41, 5.74) is 5.72. The molecule has 2 aromatic carbocycles. The summed E-state index contributed by atoms with van der Waals surface area (Å²) in [6.07, 6.45) is 0. The number of rotatable bonds is 5. The van der Waals surface area contributed by atoms with E-state index in [0.29, 0.717) is 11.4 Å². The Balaban J connectivity index is 2.18. The van der Waals surface area contributed by atoms with Gasteiger partial charge in [0.25, 0.3) is 0 Å². The van der Waals surface area contributed by atoms with E-state index in [2.05, 4.69) is 39.1 Å². The quantitative estimate of drug-likeness (QED) is 0.772. The third kappa shape index (κ3) is 3.93. The molecule has 24 heavy (non-hydrogen) atoms. The summed E-state index contributed by atoms with van der Waals surface area (Å²) in [6.45, 7) is 10.4. The minimum absolute atomic E-state index is 0.0255. The second kappa shape index (κ2) is 7.75. The van der Waals surface area contributed by atoms with Gasteiger partial charge >= 0.3 is 0 Å².